The molecule has 186 valence electrons. The fourth-order valence-corrected chi connectivity index (χ4v) is 5.90. The van der Waals surface area contributed by atoms with E-state index in [1.807, 2.05) is 22.4 Å². The number of nitrogens with one attached hydrogen (secondary N) is 2. The first kappa shape index (κ1) is 24.2. The summed E-state index contributed by atoms with van der Waals surface area (Å²) in [6.45, 7) is 5.00. The number of likely N-dealkylation sites (tertiary alicyclic amines) is 1. The molecule has 1 aromatic carbocycles. The van der Waals surface area contributed by atoms with Gasteiger partial charge in [-0.15, -0.1) is 11.3 Å². The predicted molar refractivity (Wildman–Crippen MR) is 141 cm³/mol. The lowest BCUT2D eigenvalue weighted by atomic mass is 9.88. The van der Waals surface area contributed by atoms with E-state index in [2.05, 4.69) is 55.6 Å². The highest BCUT2D eigenvalue weighted by Crippen LogP contribution is 2.30. The largest absolute Gasteiger partial charge is 0.484 e. The number of rotatable bonds is 6. The monoisotopic (exact) mass is 560 g/mol. The van der Waals surface area contributed by atoms with Crippen LogP contribution in [-0.2, 0) is 4.79 Å². The van der Waals surface area contributed by atoms with Gasteiger partial charge in [0.2, 0.25) is 0 Å². The third-order valence-electron chi connectivity index (χ3n) is 6.57. The number of aromatic nitrogens is 2. The number of amides is 1. The van der Waals surface area contributed by atoms with Gasteiger partial charge < -0.3 is 25.2 Å². The molecule has 2 aromatic heterocycles. The van der Waals surface area contributed by atoms with Gasteiger partial charge in [0.25, 0.3) is 11.5 Å². The van der Waals surface area contributed by atoms with E-state index in [1.54, 1.807) is 10.6 Å². The molecule has 0 bridgehead atoms. The van der Waals surface area contributed by atoms with Crippen LogP contribution in [-0.4, -0.2) is 84.1 Å². The summed E-state index contributed by atoms with van der Waals surface area (Å²) in [5, 5.41) is 8.61. The van der Waals surface area contributed by atoms with E-state index in [0.29, 0.717) is 26.9 Å². The molecule has 2 saturated heterocycles. The molecule has 3 aromatic rings. The summed E-state index contributed by atoms with van der Waals surface area (Å²) in [7, 11) is 2.11. The molecule has 0 unspecified atom stereocenters. The van der Waals surface area contributed by atoms with Crippen molar-refractivity contribution in [2.75, 3.05) is 58.2 Å². The zero-order valence-corrected chi connectivity index (χ0v) is 22.0. The summed E-state index contributed by atoms with van der Waals surface area (Å²) in [6, 6.07) is 8.22. The van der Waals surface area contributed by atoms with Gasteiger partial charge in [0.1, 0.15) is 16.0 Å². The highest BCUT2D eigenvalue weighted by atomic mass is 79.9. The van der Waals surface area contributed by atoms with Gasteiger partial charge in [-0.1, -0.05) is 12.1 Å². The van der Waals surface area contributed by atoms with Gasteiger partial charge in [-0.25, -0.2) is 4.98 Å². The minimum absolute atomic E-state index is 0.0264. The first-order chi connectivity index (χ1) is 17.0. The normalized spacial score (nSPS) is 21.3. The van der Waals surface area contributed by atoms with Crippen molar-refractivity contribution >= 4 is 44.0 Å². The molecule has 2 atom stereocenters. The number of hydrogen-bond acceptors (Lipinski definition) is 8. The standard InChI is InChI=1S/C24H29BrN6O3S/c1-29-13-17(12-18(14-29)27-22-21(25)23(33)31-10-11-35-24(31)28-22)16-2-4-19(5-3-16)34-15-20(32)30-8-6-26-7-9-30/h2-5,10-11,17-18,26-27H,6-9,12-15H2,1H3/t17-,18+/m0/s1. The van der Waals surface area contributed by atoms with Gasteiger partial charge >= 0.3 is 0 Å². The molecule has 0 aliphatic carbocycles. The van der Waals surface area contributed by atoms with Crippen LogP contribution in [0.1, 0.15) is 17.9 Å². The zero-order valence-electron chi connectivity index (χ0n) is 19.6. The van der Waals surface area contributed by atoms with Crippen LogP contribution in [0.4, 0.5) is 5.82 Å². The number of likely N-dealkylation sites (N-methyl/N-ethyl adjacent to an activating group) is 1. The number of carbonyl (C=O) groups is 1. The number of piperidine rings is 1. The lowest BCUT2D eigenvalue weighted by Gasteiger charge is -2.36. The summed E-state index contributed by atoms with van der Waals surface area (Å²) < 4.78 is 7.76. The van der Waals surface area contributed by atoms with E-state index >= 15 is 0 Å². The van der Waals surface area contributed by atoms with Gasteiger partial charge in [-0.05, 0) is 53.0 Å². The third kappa shape index (κ3) is 5.53. The number of carbonyl (C=O) groups excluding carboxylic acids is 1. The van der Waals surface area contributed by atoms with Crippen LogP contribution in [0.3, 0.4) is 0 Å². The van der Waals surface area contributed by atoms with Crippen molar-refractivity contribution in [3.05, 3.63) is 56.2 Å². The summed E-state index contributed by atoms with van der Waals surface area (Å²) in [5.74, 6) is 1.65. The second-order valence-corrected chi connectivity index (χ2v) is 10.8. The van der Waals surface area contributed by atoms with Crippen molar-refractivity contribution in [3.63, 3.8) is 0 Å². The Labute approximate surface area is 216 Å². The maximum absolute atomic E-state index is 12.6. The van der Waals surface area contributed by atoms with Crippen LogP contribution in [0.15, 0.2) is 45.1 Å². The second kappa shape index (κ2) is 10.7. The zero-order chi connectivity index (χ0) is 24.4. The Hall–Kier alpha value is -2.47. The van der Waals surface area contributed by atoms with Crippen LogP contribution in [0.25, 0.3) is 4.96 Å². The molecule has 35 heavy (non-hydrogen) atoms. The number of piperazine rings is 1. The minimum Gasteiger partial charge on any atom is -0.484 e. The van der Waals surface area contributed by atoms with Gasteiger partial charge in [0, 0.05) is 56.9 Å². The SMILES string of the molecule is CN1C[C@H](Nc2nc3sccn3c(=O)c2Br)C[C@H](c2ccc(OCC(=O)N3CCNCC3)cc2)C1. The van der Waals surface area contributed by atoms with Crippen molar-refractivity contribution in [2.45, 2.75) is 18.4 Å². The van der Waals surface area contributed by atoms with Crippen molar-refractivity contribution in [1.29, 1.82) is 0 Å². The Balaban J connectivity index is 1.22. The molecule has 2 N–H and O–H groups in total. The van der Waals surface area contributed by atoms with Crippen molar-refractivity contribution < 1.29 is 9.53 Å². The molecule has 2 aliphatic heterocycles. The van der Waals surface area contributed by atoms with Crippen LogP contribution in [0.2, 0.25) is 0 Å². The summed E-state index contributed by atoms with van der Waals surface area (Å²) in [6.07, 6.45) is 2.66. The Morgan fingerprint density at radius 2 is 2.03 bits per heavy atom. The van der Waals surface area contributed by atoms with Crippen molar-refractivity contribution in [3.8, 4) is 5.75 Å². The highest BCUT2D eigenvalue weighted by molar-refractivity contribution is 9.10. The van der Waals surface area contributed by atoms with Gasteiger partial charge in [-0.2, -0.15) is 0 Å². The van der Waals surface area contributed by atoms with Gasteiger partial charge in [0.15, 0.2) is 11.6 Å². The maximum Gasteiger partial charge on any atom is 0.275 e. The molecule has 0 spiro atoms. The molecule has 1 amide bonds. The molecule has 0 radical (unpaired) electrons. The highest BCUT2D eigenvalue weighted by Gasteiger charge is 2.28. The number of ether oxygens (including phenoxy) is 1. The molecule has 11 heteroatoms. The van der Waals surface area contributed by atoms with E-state index in [9.17, 15) is 9.59 Å². The van der Waals surface area contributed by atoms with E-state index in [1.165, 1.54) is 16.9 Å². The molecule has 2 fully saturated rings. The Bertz CT molecular complexity index is 1240. The average Bonchev–Trinajstić information content (AvgIpc) is 3.35. The Morgan fingerprint density at radius 3 is 2.80 bits per heavy atom. The average molecular weight is 562 g/mol. The summed E-state index contributed by atoms with van der Waals surface area (Å²) in [5.41, 5.74) is 1.12. The third-order valence-corrected chi connectivity index (χ3v) is 8.04. The number of fused-ring (bicyclic) bond motifs is 1. The van der Waals surface area contributed by atoms with Crippen LogP contribution in [0, 0.1) is 0 Å². The predicted octanol–water partition coefficient (Wildman–Crippen LogP) is 2.23. The molecular formula is C24H29BrN6O3S. The maximum atomic E-state index is 12.6. The summed E-state index contributed by atoms with van der Waals surface area (Å²) in [4.78, 5) is 34.4. The lowest BCUT2D eigenvalue weighted by molar-refractivity contribution is -0.133. The fourth-order valence-electron chi connectivity index (χ4n) is 4.80. The lowest BCUT2D eigenvalue weighted by Crippen LogP contribution is -2.47. The minimum atomic E-state index is -0.106. The molecule has 5 rings (SSSR count). The number of nitrogens with zero attached hydrogens (tertiary/aromatic N) is 4. The second-order valence-electron chi connectivity index (χ2n) is 9.12. The number of hydrogen-bond donors (Lipinski definition) is 2. The number of thiazole rings is 1. The van der Waals surface area contributed by atoms with E-state index in [0.717, 1.165) is 45.7 Å². The van der Waals surface area contributed by atoms with E-state index in [4.69, 9.17) is 4.74 Å². The van der Waals surface area contributed by atoms with Crippen LogP contribution < -0.4 is 20.9 Å². The molecule has 2 aliphatic rings. The number of anilines is 1. The summed E-state index contributed by atoms with van der Waals surface area (Å²) >= 11 is 4.88. The molecular weight excluding hydrogens is 532 g/mol. The van der Waals surface area contributed by atoms with Gasteiger partial charge in [0.05, 0.1) is 0 Å². The topological polar surface area (TPSA) is 91.2 Å². The Morgan fingerprint density at radius 1 is 1.26 bits per heavy atom. The number of benzene rings is 1. The van der Waals surface area contributed by atoms with Crippen LogP contribution in [0.5, 0.6) is 5.75 Å². The first-order valence-electron chi connectivity index (χ1n) is 11.8. The van der Waals surface area contributed by atoms with E-state index in [-0.39, 0.29) is 24.1 Å². The van der Waals surface area contributed by atoms with Crippen molar-refractivity contribution in [2.24, 2.45) is 0 Å². The quantitative estimate of drug-likeness (QED) is 0.477. The smallest absolute Gasteiger partial charge is 0.275 e. The van der Waals surface area contributed by atoms with Crippen molar-refractivity contribution in [1.82, 2.24) is 24.5 Å². The molecule has 9 nitrogen and oxygen atoms in total. The molecule has 0 saturated carbocycles. The first-order valence-corrected chi connectivity index (χ1v) is 13.5. The number of halogens is 1. The fraction of sp³-hybridized carbons (Fsp3) is 0.458. The van der Waals surface area contributed by atoms with Crippen LogP contribution >= 0.6 is 27.3 Å². The molecule has 4 heterocycles. The Kier molecular flexibility index (Phi) is 7.37. The van der Waals surface area contributed by atoms with Gasteiger partial charge in [-0.3, -0.25) is 14.0 Å². The van der Waals surface area contributed by atoms with E-state index < -0.39 is 0 Å².